The minimum atomic E-state index is -0.357. The summed E-state index contributed by atoms with van der Waals surface area (Å²) in [4.78, 5) is 13.0. The van der Waals surface area contributed by atoms with Crippen LogP contribution in [0.1, 0.15) is 25.3 Å². The van der Waals surface area contributed by atoms with Crippen molar-refractivity contribution in [1.29, 1.82) is 0 Å². The minimum Gasteiger partial charge on any atom is -0.489 e. The highest BCUT2D eigenvalue weighted by Gasteiger charge is 2.28. The van der Waals surface area contributed by atoms with Gasteiger partial charge < -0.3 is 9.64 Å². The Bertz CT molecular complexity index is 688. The van der Waals surface area contributed by atoms with Crippen molar-refractivity contribution < 1.29 is 9.66 Å². The van der Waals surface area contributed by atoms with Crippen molar-refractivity contribution >= 4 is 11.4 Å². The van der Waals surface area contributed by atoms with E-state index in [1.807, 2.05) is 18.2 Å². The first kappa shape index (κ1) is 15.3. The predicted molar refractivity (Wildman–Crippen MR) is 89.9 cm³/mol. The van der Waals surface area contributed by atoms with Crippen molar-refractivity contribution in [3.8, 4) is 5.75 Å². The first-order valence-electron chi connectivity index (χ1n) is 7.91. The summed E-state index contributed by atoms with van der Waals surface area (Å²) >= 11 is 0. The van der Waals surface area contributed by atoms with Crippen LogP contribution in [0.3, 0.4) is 0 Å². The Hall–Kier alpha value is -2.56. The average molecular weight is 312 g/mol. The highest BCUT2D eigenvalue weighted by molar-refractivity contribution is 5.65. The topological polar surface area (TPSA) is 55.6 Å². The fourth-order valence-electron chi connectivity index (χ4n) is 3.01. The number of fused-ring (bicyclic) bond motifs is 1. The Balaban J connectivity index is 1.98. The second-order valence-corrected chi connectivity index (χ2v) is 5.78. The molecule has 1 unspecified atom stereocenters. The van der Waals surface area contributed by atoms with Gasteiger partial charge in [0.05, 0.1) is 16.7 Å². The van der Waals surface area contributed by atoms with Gasteiger partial charge in [-0.15, -0.1) is 0 Å². The van der Waals surface area contributed by atoms with Gasteiger partial charge >= 0.3 is 0 Å². The Morgan fingerprint density at radius 1 is 1.26 bits per heavy atom. The van der Waals surface area contributed by atoms with Crippen molar-refractivity contribution in [2.24, 2.45) is 0 Å². The summed E-state index contributed by atoms with van der Waals surface area (Å²) in [6, 6.07) is 15.2. The van der Waals surface area contributed by atoms with Gasteiger partial charge in [0.15, 0.2) is 0 Å². The van der Waals surface area contributed by atoms with E-state index in [0.717, 1.165) is 30.8 Å². The largest absolute Gasteiger partial charge is 0.489 e. The van der Waals surface area contributed by atoms with Crippen LogP contribution >= 0.6 is 0 Å². The molecule has 2 aromatic rings. The summed E-state index contributed by atoms with van der Waals surface area (Å²) in [6.07, 6.45) is 2.04. The summed E-state index contributed by atoms with van der Waals surface area (Å²) in [6.45, 7) is 3.48. The molecule has 0 radical (unpaired) electrons. The summed E-state index contributed by atoms with van der Waals surface area (Å²) in [7, 11) is 0. The zero-order valence-electron chi connectivity index (χ0n) is 13.1. The summed E-state index contributed by atoms with van der Waals surface area (Å²) in [5.41, 5.74) is 2.10. The number of nitrogens with zero attached hydrogens (tertiary/aromatic N) is 2. The lowest BCUT2D eigenvalue weighted by atomic mass is 10.1. The standard InChI is InChI=1S/C18H20N2O3/c1-2-6-16-13-23-18-10-9-15(20(21)22)11-17(18)19(16)12-14-7-4-3-5-8-14/h3-5,7-11,16H,2,6,12-13H2,1H3. The van der Waals surface area contributed by atoms with Crippen LogP contribution in [0.2, 0.25) is 0 Å². The molecular formula is C18H20N2O3. The third kappa shape index (κ3) is 3.28. The SMILES string of the molecule is CCCC1COc2ccc([N+](=O)[O-])cc2N1Cc1ccccc1. The van der Waals surface area contributed by atoms with E-state index < -0.39 is 0 Å². The predicted octanol–water partition coefficient (Wildman–Crippen LogP) is 4.16. The molecule has 1 heterocycles. The summed E-state index contributed by atoms with van der Waals surface area (Å²) < 4.78 is 5.83. The van der Waals surface area contributed by atoms with E-state index in [0.29, 0.717) is 6.61 Å². The van der Waals surface area contributed by atoms with Gasteiger partial charge in [0.1, 0.15) is 12.4 Å². The molecule has 1 aliphatic rings. The highest BCUT2D eigenvalue weighted by Crippen LogP contribution is 2.38. The lowest BCUT2D eigenvalue weighted by molar-refractivity contribution is -0.384. The number of hydrogen-bond acceptors (Lipinski definition) is 4. The molecule has 0 saturated heterocycles. The number of rotatable bonds is 5. The van der Waals surface area contributed by atoms with Gasteiger partial charge in [-0.1, -0.05) is 43.7 Å². The van der Waals surface area contributed by atoms with Crippen LogP contribution in [0.25, 0.3) is 0 Å². The van der Waals surface area contributed by atoms with Crippen LogP contribution < -0.4 is 9.64 Å². The number of ether oxygens (including phenoxy) is 1. The van der Waals surface area contributed by atoms with Crippen LogP contribution in [-0.2, 0) is 6.54 Å². The maximum absolute atomic E-state index is 11.1. The number of non-ortho nitro benzene ring substituents is 1. The Morgan fingerprint density at radius 2 is 2.04 bits per heavy atom. The molecule has 0 amide bonds. The number of hydrogen-bond donors (Lipinski definition) is 0. The van der Waals surface area contributed by atoms with Crippen LogP contribution in [0.15, 0.2) is 48.5 Å². The van der Waals surface area contributed by atoms with Gasteiger partial charge in [-0.05, 0) is 18.1 Å². The van der Waals surface area contributed by atoms with E-state index in [-0.39, 0.29) is 16.7 Å². The Morgan fingerprint density at radius 3 is 2.74 bits per heavy atom. The van der Waals surface area contributed by atoms with Crippen molar-refractivity contribution in [2.45, 2.75) is 32.4 Å². The maximum Gasteiger partial charge on any atom is 0.271 e. The molecule has 0 spiro atoms. The molecule has 0 fully saturated rings. The van der Waals surface area contributed by atoms with Crippen molar-refractivity contribution in [3.05, 3.63) is 64.2 Å². The van der Waals surface area contributed by atoms with Gasteiger partial charge in [-0.2, -0.15) is 0 Å². The van der Waals surface area contributed by atoms with E-state index >= 15 is 0 Å². The highest BCUT2D eigenvalue weighted by atomic mass is 16.6. The van der Waals surface area contributed by atoms with Crippen LogP contribution in [0, 0.1) is 10.1 Å². The molecule has 2 aromatic carbocycles. The first-order valence-corrected chi connectivity index (χ1v) is 7.91. The Kier molecular flexibility index (Phi) is 4.46. The zero-order valence-corrected chi connectivity index (χ0v) is 13.1. The third-order valence-electron chi connectivity index (χ3n) is 4.15. The molecule has 1 aliphatic heterocycles. The molecule has 5 heteroatoms. The second kappa shape index (κ2) is 6.69. The van der Waals surface area contributed by atoms with Crippen LogP contribution in [-0.4, -0.2) is 17.6 Å². The first-order chi connectivity index (χ1) is 11.2. The molecule has 1 atom stereocenters. The lowest BCUT2D eigenvalue weighted by Crippen LogP contribution is -2.42. The summed E-state index contributed by atoms with van der Waals surface area (Å²) in [5, 5.41) is 11.1. The van der Waals surface area contributed by atoms with E-state index in [9.17, 15) is 10.1 Å². The molecule has 0 aliphatic carbocycles. The smallest absolute Gasteiger partial charge is 0.271 e. The fraction of sp³-hybridized carbons (Fsp3) is 0.333. The van der Waals surface area contributed by atoms with Gasteiger partial charge in [0.2, 0.25) is 0 Å². The molecule has 120 valence electrons. The maximum atomic E-state index is 11.1. The van der Waals surface area contributed by atoms with Crippen LogP contribution in [0.5, 0.6) is 5.75 Å². The number of benzene rings is 2. The van der Waals surface area contributed by atoms with Gasteiger partial charge in [0.25, 0.3) is 5.69 Å². The average Bonchev–Trinajstić information content (AvgIpc) is 2.57. The second-order valence-electron chi connectivity index (χ2n) is 5.78. The van der Waals surface area contributed by atoms with E-state index in [1.54, 1.807) is 12.1 Å². The van der Waals surface area contributed by atoms with E-state index in [4.69, 9.17) is 4.74 Å². The molecule has 0 bridgehead atoms. The molecule has 0 N–H and O–H groups in total. The van der Waals surface area contributed by atoms with Gasteiger partial charge in [-0.25, -0.2) is 0 Å². The summed E-state index contributed by atoms with van der Waals surface area (Å²) in [5.74, 6) is 0.721. The van der Waals surface area contributed by atoms with Gasteiger partial charge in [-0.3, -0.25) is 10.1 Å². The number of anilines is 1. The van der Waals surface area contributed by atoms with Crippen LogP contribution in [0.4, 0.5) is 11.4 Å². The molecule has 23 heavy (non-hydrogen) atoms. The van der Waals surface area contributed by atoms with E-state index in [2.05, 4.69) is 24.0 Å². The third-order valence-corrected chi connectivity index (χ3v) is 4.15. The molecule has 3 rings (SSSR count). The zero-order chi connectivity index (χ0) is 16.2. The molecular weight excluding hydrogens is 292 g/mol. The van der Waals surface area contributed by atoms with Crippen molar-refractivity contribution in [2.75, 3.05) is 11.5 Å². The number of nitro benzene ring substituents is 1. The monoisotopic (exact) mass is 312 g/mol. The lowest BCUT2D eigenvalue weighted by Gasteiger charge is -2.38. The van der Waals surface area contributed by atoms with Crippen molar-refractivity contribution in [1.82, 2.24) is 0 Å². The number of nitro groups is 1. The molecule has 0 aromatic heterocycles. The van der Waals surface area contributed by atoms with Crippen molar-refractivity contribution in [3.63, 3.8) is 0 Å². The van der Waals surface area contributed by atoms with E-state index in [1.165, 1.54) is 11.6 Å². The molecule has 5 nitrogen and oxygen atoms in total. The Labute approximate surface area is 135 Å². The van der Waals surface area contributed by atoms with Gasteiger partial charge in [0, 0.05) is 18.7 Å². The minimum absolute atomic E-state index is 0.0996. The molecule has 0 saturated carbocycles. The quantitative estimate of drug-likeness (QED) is 0.614. The normalized spacial score (nSPS) is 16.6. The fourth-order valence-corrected chi connectivity index (χ4v) is 3.01.